The van der Waals surface area contributed by atoms with Crippen molar-refractivity contribution in [2.24, 2.45) is 7.05 Å². The number of nitrogens with zero attached hydrogens (tertiary/aromatic N) is 2. The van der Waals surface area contributed by atoms with Gasteiger partial charge in [0, 0.05) is 12.3 Å². The van der Waals surface area contributed by atoms with Gasteiger partial charge >= 0.3 is 10.9 Å². The molecule has 2 aromatic rings. The standard InChI is InChI=1S/C14H21N2O2S.HI/c1-4-5-6-7-9-18-13(17)12-11(2)15(3)14-16(12)8-10-19-14;/h8,10H,4-7,9H2,1-3H3;1H/q+1;/p-1. The maximum Gasteiger partial charge on any atom is 0.383 e. The third-order valence-corrected chi connectivity index (χ3v) is 4.33. The summed E-state index contributed by atoms with van der Waals surface area (Å²) in [6, 6.07) is 0. The molecule has 0 saturated carbocycles. The van der Waals surface area contributed by atoms with Gasteiger partial charge in [-0.2, -0.15) is 4.40 Å². The molecule has 0 atom stereocenters. The highest BCUT2D eigenvalue weighted by atomic mass is 127. The van der Waals surface area contributed by atoms with Crippen LogP contribution in [-0.4, -0.2) is 17.1 Å². The van der Waals surface area contributed by atoms with Crippen molar-refractivity contribution in [3.63, 3.8) is 0 Å². The van der Waals surface area contributed by atoms with E-state index in [0.29, 0.717) is 12.3 Å². The second-order valence-corrected chi connectivity index (χ2v) is 5.62. The number of fused-ring (bicyclic) bond motifs is 1. The number of aromatic nitrogens is 2. The number of esters is 1. The predicted octanol–water partition coefficient (Wildman–Crippen LogP) is -0.125. The number of ether oxygens (including phenoxy) is 1. The van der Waals surface area contributed by atoms with Crippen molar-refractivity contribution in [1.82, 2.24) is 4.57 Å². The number of carbonyl (C=O) groups excluding carboxylic acids is 1. The molecule has 0 radical (unpaired) electrons. The highest BCUT2D eigenvalue weighted by Gasteiger charge is 2.28. The molecule has 0 aliphatic heterocycles. The molecule has 0 aliphatic rings. The minimum Gasteiger partial charge on any atom is -1.00 e. The summed E-state index contributed by atoms with van der Waals surface area (Å²) in [4.78, 5) is 13.2. The van der Waals surface area contributed by atoms with E-state index in [-0.39, 0.29) is 29.9 Å². The third kappa shape index (κ3) is 3.52. The molecular weight excluding hydrogens is 387 g/mol. The van der Waals surface area contributed by atoms with Crippen LogP contribution in [0.2, 0.25) is 0 Å². The van der Waals surface area contributed by atoms with Crippen molar-refractivity contribution in [2.45, 2.75) is 39.5 Å². The van der Waals surface area contributed by atoms with Crippen molar-refractivity contribution in [1.29, 1.82) is 0 Å². The SMILES string of the molecule is CCCCCCOC(=O)c1c(C)n(C)c2scc[n+]12.[I-]. The van der Waals surface area contributed by atoms with Crippen molar-refractivity contribution in [3.05, 3.63) is 23.0 Å². The summed E-state index contributed by atoms with van der Waals surface area (Å²) in [6.45, 7) is 4.63. The highest BCUT2D eigenvalue weighted by molar-refractivity contribution is 7.14. The number of aryl methyl sites for hydroxylation is 1. The Bertz CT molecular complexity index is 577. The first kappa shape index (κ1) is 17.4. The number of imidazole rings is 1. The van der Waals surface area contributed by atoms with Crippen molar-refractivity contribution >= 4 is 22.3 Å². The molecule has 2 heterocycles. The minimum absolute atomic E-state index is 0. The zero-order valence-electron chi connectivity index (χ0n) is 12.2. The van der Waals surface area contributed by atoms with E-state index >= 15 is 0 Å². The number of hydrogen-bond acceptors (Lipinski definition) is 3. The summed E-state index contributed by atoms with van der Waals surface area (Å²) < 4.78 is 9.32. The van der Waals surface area contributed by atoms with E-state index in [4.69, 9.17) is 4.74 Å². The van der Waals surface area contributed by atoms with Crippen LogP contribution < -0.4 is 28.4 Å². The van der Waals surface area contributed by atoms with E-state index in [2.05, 4.69) is 6.92 Å². The predicted molar refractivity (Wildman–Crippen MR) is 75.6 cm³/mol. The van der Waals surface area contributed by atoms with Gasteiger partial charge in [-0.3, -0.25) is 0 Å². The first-order valence-electron chi connectivity index (χ1n) is 6.78. The fraction of sp³-hybridized carbons (Fsp3) is 0.571. The van der Waals surface area contributed by atoms with E-state index in [9.17, 15) is 4.79 Å². The molecule has 0 amide bonds. The molecule has 2 aromatic heterocycles. The maximum atomic E-state index is 12.2. The molecule has 0 aromatic carbocycles. The Hall–Kier alpha value is -0.630. The molecule has 0 bridgehead atoms. The second kappa shape index (κ2) is 7.97. The summed E-state index contributed by atoms with van der Waals surface area (Å²) >= 11 is 1.62. The molecule has 0 spiro atoms. The number of hydrogen-bond donors (Lipinski definition) is 0. The lowest BCUT2D eigenvalue weighted by atomic mass is 10.2. The third-order valence-electron chi connectivity index (χ3n) is 3.39. The largest absolute Gasteiger partial charge is 1.00 e. The van der Waals surface area contributed by atoms with Gasteiger partial charge in [0.2, 0.25) is 0 Å². The second-order valence-electron chi connectivity index (χ2n) is 4.75. The zero-order chi connectivity index (χ0) is 13.8. The molecule has 2 rings (SSSR count). The summed E-state index contributed by atoms with van der Waals surface area (Å²) in [6.07, 6.45) is 6.38. The van der Waals surface area contributed by atoms with Gasteiger partial charge in [-0.1, -0.05) is 37.5 Å². The normalized spacial score (nSPS) is 10.6. The fourth-order valence-corrected chi connectivity index (χ4v) is 3.03. The average Bonchev–Trinajstić information content (AvgIpc) is 2.94. The van der Waals surface area contributed by atoms with Crippen molar-refractivity contribution < 1.29 is 37.9 Å². The number of thiazole rings is 1. The van der Waals surface area contributed by atoms with E-state index in [1.165, 1.54) is 12.8 Å². The van der Waals surface area contributed by atoms with E-state index < -0.39 is 0 Å². The van der Waals surface area contributed by atoms with Gasteiger partial charge in [-0.15, -0.1) is 0 Å². The van der Waals surface area contributed by atoms with E-state index in [0.717, 1.165) is 23.5 Å². The van der Waals surface area contributed by atoms with Gasteiger partial charge in [0.1, 0.15) is 6.20 Å². The maximum absolute atomic E-state index is 12.2. The molecule has 20 heavy (non-hydrogen) atoms. The Morgan fingerprint density at radius 1 is 1.40 bits per heavy atom. The summed E-state index contributed by atoms with van der Waals surface area (Å²) in [5, 5.41) is 1.98. The topological polar surface area (TPSA) is 35.3 Å². The molecule has 0 aliphatic carbocycles. The average molecular weight is 408 g/mol. The van der Waals surface area contributed by atoms with Crippen LogP contribution in [0.25, 0.3) is 4.96 Å². The molecule has 0 saturated heterocycles. The van der Waals surface area contributed by atoms with Crippen LogP contribution in [0.4, 0.5) is 0 Å². The number of carbonyl (C=O) groups is 1. The van der Waals surface area contributed by atoms with Crippen LogP contribution in [0.1, 0.15) is 48.8 Å². The Morgan fingerprint density at radius 2 is 2.15 bits per heavy atom. The van der Waals surface area contributed by atoms with Crippen LogP contribution in [0.5, 0.6) is 0 Å². The van der Waals surface area contributed by atoms with E-state index in [1.54, 1.807) is 11.3 Å². The highest BCUT2D eigenvalue weighted by Crippen LogP contribution is 2.14. The molecule has 0 N–H and O–H groups in total. The van der Waals surface area contributed by atoms with Gasteiger partial charge in [-0.25, -0.2) is 9.36 Å². The Balaban J connectivity index is 0.00000200. The van der Waals surface area contributed by atoms with Gasteiger partial charge in [0.15, 0.2) is 5.69 Å². The smallest absolute Gasteiger partial charge is 0.383 e. The van der Waals surface area contributed by atoms with Crippen molar-refractivity contribution in [2.75, 3.05) is 6.61 Å². The number of halogens is 1. The summed E-state index contributed by atoms with van der Waals surface area (Å²) in [7, 11) is 1.97. The zero-order valence-corrected chi connectivity index (χ0v) is 15.2. The Labute approximate surface area is 140 Å². The summed E-state index contributed by atoms with van der Waals surface area (Å²) in [5.41, 5.74) is 1.60. The van der Waals surface area contributed by atoms with Gasteiger partial charge in [0.25, 0.3) is 5.69 Å². The number of rotatable bonds is 6. The van der Waals surface area contributed by atoms with Crippen LogP contribution >= 0.6 is 11.3 Å². The van der Waals surface area contributed by atoms with Gasteiger partial charge < -0.3 is 28.7 Å². The lowest BCUT2D eigenvalue weighted by Crippen LogP contribution is -3.00. The monoisotopic (exact) mass is 408 g/mol. The lowest BCUT2D eigenvalue weighted by Gasteiger charge is -2.02. The van der Waals surface area contributed by atoms with Crippen LogP contribution in [0.15, 0.2) is 11.6 Å². The molecular formula is C14H21IN2O2S. The molecule has 0 fully saturated rings. The van der Waals surface area contributed by atoms with Crippen LogP contribution in [0.3, 0.4) is 0 Å². The molecule has 4 nitrogen and oxygen atoms in total. The Morgan fingerprint density at radius 3 is 2.85 bits per heavy atom. The van der Waals surface area contributed by atoms with E-state index in [1.807, 2.05) is 34.5 Å². The Kier molecular flexibility index (Phi) is 6.94. The van der Waals surface area contributed by atoms with Crippen LogP contribution in [0, 0.1) is 6.92 Å². The molecule has 0 unspecified atom stereocenters. The van der Waals surface area contributed by atoms with Crippen molar-refractivity contribution in [3.8, 4) is 0 Å². The van der Waals surface area contributed by atoms with Gasteiger partial charge in [-0.05, 0) is 6.42 Å². The number of unbranched alkanes of at least 4 members (excludes halogenated alkanes) is 3. The van der Waals surface area contributed by atoms with Gasteiger partial charge in [0.05, 0.1) is 13.7 Å². The molecule has 6 heteroatoms. The van der Waals surface area contributed by atoms with Crippen LogP contribution in [-0.2, 0) is 11.8 Å². The summed E-state index contributed by atoms with van der Waals surface area (Å²) in [5.74, 6) is -0.219. The first-order valence-corrected chi connectivity index (χ1v) is 7.66. The fourth-order valence-electron chi connectivity index (χ4n) is 2.17. The minimum atomic E-state index is -0.219. The lowest BCUT2D eigenvalue weighted by molar-refractivity contribution is -0.510. The first-order chi connectivity index (χ1) is 9.16. The molecule has 112 valence electrons. The quantitative estimate of drug-likeness (QED) is 0.289.